The summed E-state index contributed by atoms with van der Waals surface area (Å²) >= 11 is 0. The molecule has 8 heteroatoms. The molecule has 1 heterocycles. The van der Waals surface area contributed by atoms with Gasteiger partial charge in [0, 0.05) is 24.9 Å². The third-order valence-corrected chi connectivity index (χ3v) is 2.23. The van der Waals surface area contributed by atoms with Crippen LogP contribution in [0.5, 0.6) is 0 Å². The highest BCUT2D eigenvalue weighted by molar-refractivity contribution is 5.87. The maximum atomic E-state index is 11.8. The second kappa shape index (κ2) is 6.78. The van der Waals surface area contributed by atoms with Gasteiger partial charge in [0.15, 0.2) is 0 Å². The van der Waals surface area contributed by atoms with E-state index in [-0.39, 0.29) is 19.2 Å². The maximum Gasteiger partial charge on any atom is 0.409 e. The van der Waals surface area contributed by atoms with Crippen LogP contribution in [-0.4, -0.2) is 35.1 Å². The zero-order valence-corrected chi connectivity index (χ0v) is 10.7. The highest BCUT2D eigenvalue weighted by atomic mass is 19.4. The van der Waals surface area contributed by atoms with Crippen molar-refractivity contribution in [3.8, 4) is 0 Å². The van der Waals surface area contributed by atoms with E-state index in [2.05, 4.69) is 10.3 Å². The Hall–Kier alpha value is -2.25. The third kappa shape index (κ3) is 6.07. The summed E-state index contributed by atoms with van der Waals surface area (Å²) in [4.78, 5) is 15.1. The first kappa shape index (κ1) is 15.8. The Bertz CT molecular complexity index is 562. The summed E-state index contributed by atoms with van der Waals surface area (Å²) in [5.74, 6) is -0.824. The van der Waals surface area contributed by atoms with Crippen LogP contribution in [0.1, 0.15) is 5.69 Å². The number of alkyl halides is 3. The fourth-order valence-electron chi connectivity index (χ4n) is 1.28. The van der Waals surface area contributed by atoms with Crippen LogP contribution in [0, 0.1) is 6.92 Å². The molecule has 1 rings (SSSR count). The number of allylic oxidation sites excluding steroid dienone is 1. The third-order valence-electron chi connectivity index (χ3n) is 2.23. The first-order valence-corrected chi connectivity index (χ1v) is 5.71. The molecule has 0 bridgehead atoms. The number of amides is 1. The van der Waals surface area contributed by atoms with Crippen molar-refractivity contribution in [2.75, 3.05) is 13.1 Å². The molecule has 0 aliphatic heterocycles. The largest absolute Gasteiger partial charge is 0.429 e. The quantitative estimate of drug-likeness (QED) is 0.496. The van der Waals surface area contributed by atoms with Crippen LogP contribution in [-0.2, 0) is 4.79 Å². The van der Waals surface area contributed by atoms with Gasteiger partial charge in [-0.25, -0.2) is 0 Å². The minimum Gasteiger partial charge on any atom is -0.429 e. The topological polar surface area (TPSA) is 66.6 Å². The van der Waals surface area contributed by atoms with E-state index >= 15 is 0 Å². The first-order chi connectivity index (χ1) is 9.28. The molecule has 20 heavy (non-hydrogen) atoms. The molecule has 2 N–H and O–H groups in total. The number of carbonyl (C=O) groups is 1. The van der Waals surface area contributed by atoms with Gasteiger partial charge in [-0.2, -0.15) is 17.9 Å². The van der Waals surface area contributed by atoms with Crippen molar-refractivity contribution in [1.29, 1.82) is 0 Å². The van der Waals surface area contributed by atoms with Crippen molar-refractivity contribution in [2.45, 2.75) is 13.1 Å². The molecule has 0 radical (unpaired) electrons. The summed E-state index contributed by atoms with van der Waals surface area (Å²) in [6.07, 6.45) is -2.77. The smallest absolute Gasteiger partial charge is 0.409 e. The molecule has 1 aromatic rings. The van der Waals surface area contributed by atoms with E-state index in [0.29, 0.717) is 17.1 Å². The van der Waals surface area contributed by atoms with Crippen LogP contribution in [0.15, 0.2) is 35.5 Å². The number of rotatable bonds is 4. The van der Waals surface area contributed by atoms with Gasteiger partial charge < -0.3 is 10.5 Å². The molecule has 5 nitrogen and oxygen atoms in total. The van der Waals surface area contributed by atoms with Gasteiger partial charge in [0.1, 0.15) is 0 Å². The molecule has 0 saturated carbocycles. The molecule has 0 fully saturated rings. The van der Waals surface area contributed by atoms with Crippen molar-refractivity contribution < 1.29 is 23.2 Å². The molecule has 0 saturated heterocycles. The van der Waals surface area contributed by atoms with Crippen molar-refractivity contribution >= 4 is 5.91 Å². The number of aromatic nitrogens is 1. The highest BCUT2D eigenvalue weighted by Gasteiger charge is 2.22. The maximum absolute atomic E-state index is 11.8. The Morgan fingerprint density at radius 1 is 1.55 bits per heavy atom. The van der Waals surface area contributed by atoms with Gasteiger partial charge in [0.2, 0.25) is 5.91 Å². The average Bonchev–Trinajstić information content (AvgIpc) is 2.35. The molecule has 1 amide bonds. The number of nitrogens with zero attached hydrogens (tertiary/aromatic N) is 2. The monoisotopic (exact) mass is 289 g/mol. The fraction of sp³-hybridized carbons (Fsp3) is 0.333. The van der Waals surface area contributed by atoms with Gasteiger partial charge in [-0.1, -0.05) is 0 Å². The summed E-state index contributed by atoms with van der Waals surface area (Å²) in [6, 6.07) is 3.20. The van der Waals surface area contributed by atoms with E-state index in [1.165, 1.54) is 6.20 Å². The second-order valence-electron chi connectivity index (χ2n) is 3.92. The SMILES string of the molecule is Cc1cc(=NCCNC(=O)C=CC(F)(F)F)ccn1O. The van der Waals surface area contributed by atoms with Crippen LogP contribution >= 0.6 is 0 Å². The van der Waals surface area contributed by atoms with E-state index in [1.54, 1.807) is 19.1 Å². The van der Waals surface area contributed by atoms with Crippen molar-refractivity contribution in [1.82, 2.24) is 10.0 Å². The lowest BCUT2D eigenvalue weighted by molar-refractivity contribution is -0.117. The number of hydrogen-bond donors (Lipinski definition) is 2. The molecular weight excluding hydrogens is 275 g/mol. The second-order valence-corrected chi connectivity index (χ2v) is 3.92. The van der Waals surface area contributed by atoms with Crippen LogP contribution in [0.2, 0.25) is 0 Å². The minimum atomic E-state index is -4.50. The Morgan fingerprint density at radius 2 is 2.25 bits per heavy atom. The Labute approximate surface area is 113 Å². The van der Waals surface area contributed by atoms with Gasteiger partial charge in [0.25, 0.3) is 0 Å². The number of aryl methyl sites for hydroxylation is 1. The number of hydrogen-bond acceptors (Lipinski definition) is 3. The van der Waals surface area contributed by atoms with Crippen molar-refractivity contribution in [3.63, 3.8) is 0 Å². The van der Waals surface area contributed by atoms with E-state index in [0.717, 1.165) is 4.73 Å². The summed E-state index contributed by atoms with van der Waals surface area (Å²) in [6.45, 7) is 2.03. The average molecular weight is 289 g/mol. The molecule has 0 aliphatic rings. The number of halogens is 3. The molecule has 0 unspecified atom stereocenters. The van der Waals surface area contributed by atoms with Gasteiger partial charge in [-0.3, -0.25) is 9.79 Å². The van der Waals surface area contributed by atoms with Gasteiger partial charge >= 0.3 is 6.18 Å². The van der Waals surface area contributed by atoms with Gasteiger partial charge in [-0.15, -0.1) is 0 Å². The number of nitrogens with one attached hydrogen (secondary N) is 1. The molecule has 0 spiro atoms. The normalized spacial score (nSPS) is 12.9. The predicted molar refractivity (Wildman–Crippen MR) is 65.0 cm³/mol. The lowest BCUT2D eigenvalue weighted by atomic mass is 10.3. The molecule has 110 valence electrons. The van der Waals surface area contributed by atoms with Crippen LogP contribution < -0.4 is 10.7 Å². The molecule has 0 aliphatic carbocycles. The highest BCUT2D eigenvalue weighted by Crippen LogP contribution is 2.15. The number of carbonyl (C=O) groups excluding carboxylic acids is 1. The van der Waals surface area contributed by atoms with Crippen LogP contribution in [0.4, 0.5) is 13.2 Å². The van der Waals surface area contributed by atoms with E-state index in [4.69, 9.17) is 0 Å². The first-order valence-electron chi connectivity index (χ1n) is 5.71. The zero-order valence-electron chi connectivity index (χ0n) is 10.7. The molecule has 0 aromatic carbocycles. The van der Waals surface area contributed by atoms with E-state index in [9.17, 15) is 23.2 Å². The zero-order chi connectivity index (χ0) is 15.2. The fourth-order valence-corrected chi connectivity index (χ4v) is 1.28. The van der Waals surface area contributed by atoms with Gasteiger partial charge in [0.05, 0.1) is 17.6 Å². The summed E-state index contributed by atoms with van der Waals surface area (Å²) in [5, 5.41) is 12.1. The molecule has 0 atom stereocenters. The summed E-state index contributed by atoms with van der Waals surface area (Å²) in [7, 11) is 0. The van der Waals surface area contributed by atoms with Crippen molar-refractivity contribution in [2.24, 2.45) is 4.99 Å². The standard InChI is InChI=1S/C12H14F3N3O2/c1-9-8-10(3-7-18(9)20)16-5-6-17-11(19)2-4-12(13,14)15/h2-4,7-8,20H,5-6H2,1H3,(H,17,19). The lowest BCUT2D eigenvalue weighted by Crippen LogP contribution is -2.25. The Balaban J connectivity index is 2.43. The molecular formula is C12H14F3N3O2. The Kier molecular flexibility index (Phi) is 5.36. The number of pyridine rings is 1. The Morgan fingerprint density at radius 3 is 2.85 bits per heavy atom. The van der Waals surface area contributed by atoms with Gasteiger partial charge in [-0.05, 0) is 19.1 Å². The predicted octanol–water partition coefficient (Wildman–Crippen LogP) is 1.17. The molecule has 1 aromatic heterocycles. The van der Waals surface area contributed by atoms with Crippen LogP contribution in [0.25, 0.3) is 0 Å². The minimum absolute atomic E-state index is 0.119. The van der Waals surface area contributed by atoms with Crippen molar-refractivity contribution in [3.05, 3.63) is 41.5 Å². The van der Waals surface area contributed by atoms with E-state index < -0.39 is 12.1 Å². The summed E-state index contributed by atoms with van der Waals surface area (Å²) < 4.78 is 36.3. The summed E-state index contributed by atoms with van der Waals surface area (Å²) in [5.41, 5.74) is 0.586. The van der Waals surface area contributed by atoms with E-state index in [1.807, 2.05) is 0 Å². The lowest BCUT2D eigenvalue weighted by Gasteiger charge is -2.02. The van der Waals surface area contributed by atoms with Crippen LogP contribution in [0.3, 0.4) is 0 Å².